The van der Waals surface area contributed by atoms with Gasteiger partial charge in [0.05, 0.1) is 7.11 Å². The Balaban J connectivity index is 0.00000484. The van der Waals surface area contributed by atoms with Crippen molar-refractivity contribution in [3.63, 3.8) is 0 Å². The van der Waals surface area contributed by atoms with Crippen molar-refractivity contribution in [2.75, 3.05) is 34.3 Å². The molecule has 0 fully saturated rings. The zero-order valence-electron chi connectivity index (χ0n) is 14.2. The topological polar surface area (TPSA) is 57.1 Å². The molecule has 0 heterocycles. The van der Waals surface area contributed by atoms with Gasteiger partial charge in [0.25, 0.3) is 0 Å². The number of nitrogens with one attached hydrogen (secondary N) is 1. The fourth-order valence-corrected chi connectivity index (χ4v) is 2.15. The Bertz CT molecular complexity index is 507. The highest BCUT2D eigenvalue weighted by Crippen LogP contribution is 2.23. The van der Waals surface area contributed by atoms with Crippen molar-refractivity contribution < 1.29 is 9.84 Å². The van der Waals surface area contributed by atoms with Crippen LogP contribution in [0.5, 0.6) is 11.5 Å². The molecule has 0 atom stereocenters. The summed E-state index contributed by atoms with van der Waals surface area (Å²) in [4.78, 5) is 6.37. The van der Waals surface area contributed by atoms with Gasteiger partial charge in [0, 0.05) is 33.3 Å². The van der Waals surface area contributed by atoms with Crippen LogP contribution in [-0.2, 0) is 6.42 Å². The number of aromatic hydroxyl groups is 1. The molecule has 6 heteroatoms. The molecule has 0 bridgehead atoms. The molecule has 0 saturated carbocycles. The van der Waals surface area contributed by atoms with Crippen molar-refractivity contribution >= 4 is 29.9 Å². The van der Waals surface area contributed by atoms with Crippen molar-refractivity contribution in [1.29, 1.82) is 0 Å². The van der Waals surface area contributed by atoms with Gasteiger partial charge in [0.1, 0.15) is 11.5 Å². The molecule has 2 N–H and O–H groups in total. The number of allylic oxidation sites excluding steroid dienone is 1. The fraction of sp³-hybridized carbons (Fsp3) is 0.471. The number of hydrogen-bond donors (Lipinski definition) is 2. The second-order valence-corrected chi connectivity index (χ2v) is 5.07. The minimum absolute atomic E-state index is 0. The summed E-state index contributed by atoms with van der Waals surface area (Å²) >= 11 is 0. The maximum Gasteiger partial charge on any atom is 0.193 e. The fourth-order valence-electron chi connectivity index (χ4n) is 2.15. The summed E-state index contributed by atoms with van der Waals surface area (Å²) in [5.41, 5.74) is 0.887. The van der Waals surface area contributed by atoms with Gasteiger partial charge in [-0.25, -0.2) is 0 Å². The van der Waals surface area contributed by atoms with Gasteiger partial charge in [0.15, 0.2) is 5.96 Å². The van der Waals surface area contributed by atoms with Gasteiger partial charge < -0.3 is 20.1 Å². The van der Waals surface area contributed by atoms with E-state index in [1.807, 2.05) is 25.3 Å². The number of phenolic OH excluding ortho intramolecular Hbond substituents is 1. The molecule has 0 aromatic heterocycles. The molecular weight excluding hydrogens is 405 g/mol. The van der Waals surface area contributed by atoms with Gasteiger partial charge >= 0.3 is 0 Å². The third kappa shape index (κ3) is 7.58. The molecule has 0 aliphatic carbocycles. The molecule has 0 aliphatic rings. The second kappa shape index (κ2) is 12.0. The Labute approximate surface area is 156 Å². The first-order chi connectivity index (χ1) is 10.6. The first-order valence-electron chi connectivity index (χ1n) is 7.51. The van der Waals surface area contributed by atoms with E-state index in [9.17, 15) is 5.11 Å². The molecule has 1 aromatic rings. The van der Waals surface area contributed by atoms with E-state index in [0.29, 0.717) is 12.3 Å². The summed E-state index contributed by atoms with van der Waals surface area (Å²) in [6.45, 7) is 5.37. The smallest absolute Gasteiger partial charge is 0.193 e. The first-order valence-corrected chi connectivity index (χ1v) is 7.51. The van der Waals surface area contributed by atoms with Crippen molar-refractivity contribution in [3.8, 4) is 11.5 Å². The highest BCUT2D eigenvalue weighted by molar-refractivity contribution is 14.0. The molecule has 1 aromatic carbocycles. The molecule has 0 saturated heterocycles. The quantitative estimate of drug-likeness (QED) is 0.218. The Morgan fingerprint density at radius 3 is 2.78 bits per heavy atom. The van der Waals surface area contributed by atoms with E-state index in [-0.39, 0.29) is 29.7 Å². The third-order valence-corrected chi connectivity index (χ3v) is 3.45. The number of guanidine groups is 1. The van der Waals surface area contributed by atoms with Crippen LogP contribution in [0.2, 0.25) is 0 Å². The van der Waals surface area contributed by atoms with E-state index in [4.69, 9.17) is 4.74 Å². The average molecular weight is 433 g/mol. The normalized spacial score (nSPS) is 10.7. The van der Waals surface area contributed by atoms with E-state index in [1.54, 1.807) is 20.2 Å². The molecule has 0 radical (unpaired) electrons. The predicted molar refractivity (Wildman–Crippen MR) is 107 cm³/mol. The van der Waals surface area contributed by atoms with Crippen molar-refractivity contribution in [1.82, 2.24) is 10.2 Å². The highest BCUT2D eigenvalue weighted by Gasteiger charge is 2.06. The number of aliphatic imine (C=N–C) groups is 1. The van der Waals surface area contributed by atoms with E-state index < -0.39 is 0 Å². The summed E-state index contributed by atoms with van der Waals surface area (Å²) in [5, 5.41) is 13.2. The van der Waals surface area contributed by atoms with Crippen LogP contribution in [0.1, 0.15) is 18.4 Å². The summed E-state index contributed by atoms with van der Waals surface area (Å²) in [6.07, 6.45) is 4.70. The van der Waals surface area contributed by atoms with Crippen LogP contribution in [0.15, 0.2) is 35.8 Å². The number of rotatable bonds is 8. The van der Waals surface area contributed by atoms with Crippen LogP contribution < -0.4 is 10.1 Å². The van der Waals surface area contributed by atoms with E-state index in [0.717, 1.165) is 37.3 Å². The minimum atomic E-state index is 0. The number of halogens is 1. The largest absolute Gasteiger partial charge is 0.508 e. The number of benzene rings is 1. The number of unbranched alkanes of at least 4 members (excludes halogenated alkanes) is 1. The zero-order chi connectivity index (χ0) is 16.4. The van der Waals surface area contributed by atoms with Gasteiger partial charge in [0.2, 0.25) is 0 Å². The second-order valence-electron chi connectivity index (χ2n) is 5.07. The van der Waals surface area contributed by atoms with Crippen LogP contribution in [0.25, 0.3) is 0 Å². The lowest BCUT2D eigenvalue weighted by Crippen LogP contribution is -2.40. The maximum absolute atomic E-state index is 9.94. The van der Waals surface area contributed by atoms with Crippen LogP contribution in [0, 0.1) is 0 Å². The lowest BCUT2D eigenvalue weighted by Gasteiger charge is -2.22. The summed E-state index contributed by atoms with van der Waals surface area (Å²) in [7, 11) is 5.38. The van der Waals surface area contributed by atoms with Crippen LogP contribution >= 0.6 is 24.0 Å². The highest BCUT2D eigenvalue weighted by atomic mass is 127. The van der Waals surface area contributed by atoms with Crippen LogP contribution in [-0.4, -0.2) is 50.3 Å². The van der Waals surface area contributed by atoms with Crippen LogP contribution in [0.4, 0.5) is 0 Å². The summed E-state index contributed by atoms with van der Waals surface area (Å²) in [6, 6.07) is 5.36. The Kier molecular flexibility index (Phi) is 11.3. The monoisotopic (exact) mass is 433 g/mol. The number of methoxy groups -OCH3 is 1. The predicted octanol–water partition coefficient (Wildman–Crippen LogP) is 3.03. The van der Waals surface area contributed by atoms with Gasteiger partial charge in [-0.05, 0) is 30.9 Å². The Hall–Kier alpha value is -1.44. The molecule has 0 spiro atoms. The Morgan fingerprint density at radius 1 is 1.48 bits per heavy atom. The molecule has 0 unspecified atom stereocenters. The zero-order valence-corrected chi connectivity index (χ0v) is 16.5. The van der Waals surface area contributed by atoms with Crippen molar-refractivity contribution in [3.05, 3.63) is 36.4 Å². The lowest BCUT2D eigenvalue weighted by molar-refractivity contribution is 0.406. The third-order valence-electron chi connectivity index (χ3n) is 3.45. The first kappa shape index (κ1) is 21.6. The number of ether oxygens (including phenoxy) is 1. The SMILES string of the molecule is C=CCCCN(C)C(=NC)NCCc1ccc(OC)cc1O.I. The van der Waals surface area contributed by atoms with E-state index in [1.165, 1.54) is 0 Å². The van der Waals surface area contributed by atoms with Gasteiger partial charge in [-0.15, -0.1) is 30.6 Å². The number of nitrogens with zero attached hydrogens (tertiary/aromatic N) is 2. The van der Waals surface area contributed by atoms with E-state index >= 15 is 0 Å². The maximum atomic E-state index is 9.94. The lowest BCUT2D eigenvalue weighted by atomic mass is 10.1. The van der Waals surface area contributed by atoms with Crippen molar-refractivity contribution in [2.24, 2.45) is 4.99 Å². The van der Waals surface area contributed by atoms with Gasteiger partial charge in [-0.3, -0.25) is 4.99 Å². The molecule has 0 amide bonds. The Morgan fingerprint density at radius 2 is 2.22 bits per heavy atom. The van der Waals surface area contributed by atoms with Gasteiger partial charge in [-0.1, -0.05) is 12.1 Å². The summed E-state index contributed by atoms with van der Waals surface area (Å²) in [5.74, 6) is 1.78. The standard InChI is InChI=1S/C17H27N3O2.HI/c1-5-6-7-12-20(3)17(18-2)19-11-10-14-8-9-15(22-4)13-16(14)21;/h5,8-9,13,21H,1,6-7,10-12H2,2-4H3,(H,18,19);1H. The van der Waals surface area contributed by atoms with Crippen molar-refractivity contribution in [2.45, 2.75) is 19.3 Å². The van der Waals surface area contributed by atoms with E-state index in [2.05, 4.69) is 21.8 Å². The minimum Gasteiger partial charge on any atom is -0.508 e. The molecule has 5 nitrogen and oxygen atoms in total. The molecule has 130 valence electrons. The van der Waals surface area contributed by atoms with Crippen LogP contribution in [0.3, 0.4) is 0 Å². The number of hydrogen-bond acceptors (Lipinski definition) is 3. The summed E-state index contributed by atoms with van der Waals surface area (Å²) < 4.78 is 5.08. The molecule has 0 aliphatic heterocycles. The molecular formula is C17H28IN3O2. The molecule has 23 heavy (non-hydrogen) atoms. The average Bonchev–Trinajstić information content (AvgIpc) is 2.52. The van der Waals surface area contributed by atoms with Gasteiger partial charge in [-0.2, -0.15) is 0 Å². The molecule has 1 rings (SSSR count). The number of phenols is 1.